The summed E-state index contributed by atoms with van der Waals surface area (Å²) in [4.78, 5) is 24.6. The molecule has 0 aromatic carbocycles. The average Bonchev–Trinajstić information content (AvgIpc) is 2.63. The molecule has 4 heteroatoms. The quantitative estimate of drug-likeness (QED) is 0.393. The first-order valence-corrected chi connectivity index (χ1v) is 3.84. The predicted molar refractivity (Wildman–Crippen MR) is 44.5 cm³/mol. The van der Waals surface area contributed by atoms with Gasteiger partial charge in [-0.05, 0) is 18.2 Å². The fourth-order valence-electron chi connectivity index (χ4n) is 1.16. The number of aromatic nitrogens is 1. The van der Waals surface area contributed by atoms with E-state index in [4.69, 9.17) is 0 Å². The second-order valence-electron chi connectivity index (χ2n) is 2.73. The van der Waals surface area contributed by atoms with E-state index in [1.54, 1.807) is 12.3 Å². The van der Waals surface area contributed by atoms with Crippen LogP contribution in [0.2, 0.25) is 0 Å². The van der Waals surface area contributed by atoms with Crippen molar-refractivity contribution >= 4 is 18.0 Å². The van der Waals surface area contributed by atoms with Gasteiger partial charge >= 0.3 is 11.9 Å². The lowest BCUT2D eigenvalue weighted by Gasteiger charge is -1.88. The van der Waals surface area contributed by atoms with Gasteiger partial charge < -0.3 is 9.72 Å². The summed E-state index contributed by atoms with van der Waals surface area (Å²) in [7, 11) is 0. The molecular formula is C9H7NO3. The molecule has 1 aliphatic rings. The standard InChI is InChI=1S/C9H7NO3/c11-8-5-6(9(12)13-8)4-7-2-1-3-10-7/h1-4,10H,5H2/b6-4+. The lowest BCUT2D eigenvalue weighted by Crippen LogP contribution is -1.96. The van der Waals surface area contributed by atoms with Gasteiger partial charge in [0.05, 0.1) is 12.0 Å². The Morgan fingerprint density at radius 3 is 2.85 bits per heavy atom. The normalized spacial score (nSPS) is 19.5. The summed E-state index contributed by atoms with van der Waals surface area (Å²) < 4.78 is 4.36. The third-order valence-electron chi connectivity index (χ3n) is 1.76. The molecule has 0 unspecified atom stereocenters. The first kappa shape index (κ1) is 7.79. The van der Waals surface area contributed by atoms with E-state index in [-0.39, 0.29) is 6.42 Å². The Kier molecular flexibility index (Phi) is 1.73. The molecule has 13 heavy (non-hydrogen) atoms. The summed E-state index contributed by atoms with van der Waals surface area (Å²) in [5.41, 5.74) is 1.19. The maximum absolute atomic E-state index is 11.0. The molecule has 0 saturated carbocycles. The number of cyclic esters (lactones) is 2. The van der Waals surface area contributed by atoms with E-state index in [2.05, 4.69) is 9.72 Å². The molecule has 66 valence electrons. The molecule has 1 N–H and O–H groups in total. The zero-order valence-electron chi connectivity index (χ0n) is 6.74. The van der Waals surface area contributed by atoms with Gasteiger partial charge in [-0.2, -0.15) is 0 Å². The van der Waals surface area contributed by atoms with Crippen LogP contribution in [0.1, 0.15) is 12.1 Å². The molecule has 4 nitrogen and oxygen atoms in total. The Morgan fingerprint density at radius 2 is 2.31 bits per heavy atom. The van der Waals surface area contributed by atoms with Crippen molar-refractivity contribution in [3.63, 3.8) is 0 Å². The highest BCUT2D eigenvalue weighted by atomic mass is 16.6. The van der Waals surface area contributed by atoms with Gasteiger partial charge in [0.15, 0.2) is 0 Å². The lowest BCUT2D eigenvalue weighted by molar-refractivity contribution is -0.151. The molecular weight excluding hydrogens is 170 g/mol. The summed E-state index contributed by atoms with van der Waals surface area (Å²) in [6, 6.07) is 3.62. The van der Waals surface area contributed by atoms with Crippen LogP contribution in [0.25, 0.3) is 6.08 Å². The van der Waals surface area contributed by atoms with Crippen molar-refractivity contribution in [3.8, 4) is 0 Å². The topological polar surface area (TPSA) is 59.2 Å². The molecule has 1 saturated heterocycles. The minimum atomic E-state index is -0.542. The average molecular weight is 177 g/mol. The number of rotatable bonds is 1. The van der Waals surface area contributed by atoms with Gasteiger partial charge in [0.2, 0.25) is 0 Å². The summed E-state index contributed by atoms with van der Waals surface area (Å²) in [5, 5.41) is 0. The monoisotopic (exact) mass is 177 g/mol. The number of aromatic amines is 1. The number of nitrogens with one attached hydrogen (secondary N) is 1. The highest BCUT2D eigenvalue weighted by Crippen LogP contribution is 2.17. The Morgan fingerprint density at radius 1 is 1.46 bits per heavy atom. The number of hydrogen-bond donors (Lipinski definition) is 1. The molecule has 0 spiro atoms. The third-order valence-corrected chi connectivity index (χ3v) is 1.76. The van der Waals surface area contributed by atoms with Gasteiger partial charge in [-0.3, -0.25) is 4.79 Å². The zero-order valence-corrected chi connectivity index (χ0v) is 6.74. The SMILES string of the molecule is O=C1C/C(=C\c2ccc[nH]2)C(=O)O1. The van der Waals surface area contributed by atoms with Crippen LogP contribution in [-0.2, 0) is 14.3 Å². The number of ether oxygens (including phenoxy) is 1. The summed E-state index contributed by atoms with van der Waals surface area (Å²) in [5.74, 6) is -1.03. The minimum absolute atomic E-state index is 0.0673. The zero-order chi connectivity index (χ0) is 9.26. The van der Waals surface area contributed by atoms with E-state index >= 15 is 0 Å². The van der Waals surface area contributed by atoms with Gasteiger partial charge in [0.1, 0.15) is 0 Å². The van der Waals surface area contributed by atoms with Crippen LogP contribution in [0.4, 0.5) is 0 Å². The Balaban J connectivity index is 2.27. The van der Waals surface area contributed by atoms with Crippen molar-refractivity contribution in [1.82, 2.24) is 4.98 Å². The fourth-order valence-corrected chi connectivity index (χ4v) is 1.16. The molecule has 1 fully saturated rings. The van der Waals surface area contributed by atoms with Crippen LogP contribution < -0.4 is 0 Å². The predicted octanol–water partition coefficient (Wildman–Crippen LogP) is 0.872. The molecule has 0 amide bonds. The van der Waals surface area contributed by atoms with Crippen LogP contribution in [-0.4, -0.2) is 16.9 Å². The van der Waals surface area contributed by atoms with E-state index in [1.807, 2.05) is 12.1 Å². The highest BCUT2D eigenvalue weighted by Gasteiger charge is 2.26. The van der Waals surface area contributed by atoms with Crippen LogP contribution in [0.3, 0.4) is 0 Å². The molecule has 1 aromatic heterocycles. The third kappa shape index (κ3) is 1.51. The molecule has 0 atom stereocenters. The van der Waals surface area contributed by atoms with E-state index in [0.717, 1.165) is 5.69 Å². The number of esters is 2. The number of H-pyrrole nitrogens is 1. The molecule has 0 bridgehead atoms. The van der Waals surface area contributed by atoms with Crippen LogP contribution in [0.15, 0.2) is 23.9 Å². The van der Waals surface area contributed by atoms with Crippen molar-refractivity contribution in [1.29, 1.82) is 0 Å². The van der Waals surface area contributed by atoms with Gasteiger partial charge in [-0.15, -0.1) is 0 Å². The van der Waals surface area contributed by atoms with Crippen molar-refractivity contribution in [3.05, 3.63) is 29.6 Å². The van der Waals surface area contributed by atoms with Crippen LogP contribution >= 0.6 is 0 Å². The van der Waals surface area contributed by atoms with Crippen LogP contribution in [0, 0.1) is 0 Å². The van der Waals surface area contributed by atoms with Gasteiger partial charge in [-0.25, -0.2) is 4.79 Å². The van der Waals surface area contributed by atoms with Gasteiger partial charge in [0, 0.05) is 11.9 Å². The molecule has 2 rings (SSSR count). The Labute approximate surface area is 74.2 Å². The Hall–Kier alpha value is -1.84. The van der Waals surface area contributed by atoms with Crippen molar-refractivity contribution in [2.24, 2.45) is 0 Å². The van der Waals surface area contributed by atoms with E-state index in [1.165, 1.54) is 0 Å². The minimum Gasteiger partial charge on any atom is -0.389 e. The number of carbonyl (C=O) groups is 2. The molecule has 2 heterocycles. The summed E-state index contributed by atoms with van der Waals surface area (Å²) in [6.45, 7) is 0. The fraction of sp³-hybridized carbons (Fsp3) is 0.111. The van der Waals surface area contributed by atoms with Crippen LogP contribution in [0.5, 0.6) is 0 Å². The number of carbonyl (C=O) groups excluding carboxylic acids is 2. The molecule has 0 aliphatic carbocycles. The first-order chi connectivity index (χ1) is 6.25. The van der Waals surface area contributed by atoms with Crippen molar-refractivity contribution < 1.29 is 14.3 Å². The summed E-state index contributed by atoms with van der Waals surface area (Å²) >= 11 is 0. The van der Waals surface area contributed by atoms with E-state index in [9.17, 15) is 9.59 Å². The Bertz CT molecular complexity index is 376. The maximum atomic E-state index is 11.0. The summed E-state index contributed by atoms with van der Waals surface area (Å²) in [6.07, 6.45) is 3.43. The second-order valence-corrected chi connectivity index (χ2v) is 2.73. The maximum Gasteiger partial charge on any atom is 0.342 e. The van der Waals surface area contributed by atoms with Gasteiger partial charge in [-0.1, -0.05) is 0 Å². The highest BCUT2D eigenvalue weighted by molar-refractivity contribution is 6.08. The second kappa shape index (κ2) is 2.90. The first-order valence-electron chi connectivity index (χ1n) is 3.84. The van der Waals surface area contributed by atoms with Crippen molar-refractivity contribution in [2.75, 3.05) is 0 Å². The van der Waals surface area contributed by atoms with E-state index < -0.39 is 11.9 Å². The van der Waals surface area contributed by atoms with Gasteiger partial charge in [0.25, 0.3) is 0 Å². The van der Waals surface area contributed by atoms with E-state index in [0.29, 0.717) is 5.57 Å². The molecule has 1 aliphatic heterocycles. The smallest absolute Gasteiger partial charge is 0.342 e. The molecule has 0 radical (unpaired) electrons. The largest absolute Gasteiger partial charge is 0.389 e. The number of hydrogen-bond acceptors (Lipinski definition) is 3. The molecule has 1 aromatic rings. The lowest BCUT2D eigenvalue weighted by atomic mass is 10.2. The van der Waals surface area contributed by atoms with Crippen molar-refractivity contribution in [2.45, 2.75) is 6.42 Å².